The smallest absolute Gasteiger partial charge is 0.239 e. The van der Waals surface area contributed by atoms with Crippen LogP contribution in [0.3, 0.4) is 0 Å². The van der Waals surface area contributed by atoms with Crippen LogP contribution in [0, 0.1) is 18.3 Å². The summed E-state index contributed by atoms with van der Waals surface area (Å²) in [6.07, 6.45) is 7.00. The van der Waals surface area contributed by atoms with Crippen LogP contribution in [0.2, 0.25) is 0 Å². The number of hydrogen-bond acceptors (Lipinski definition) is 5. The standard InChI is InChI=1S/C17H19N5OS/c1-11-6-19-22(7-11)12-8-21(9-12)10-16(23)20-17-14(5-18)13-3-2-4-15(13)24-17/h6-7,12H,2-4,8-10H2,1H3,(H,20,23). The molecule has 124 valence electrons. The van der Waals surface area contributed by atoms with Crippen LogP contribution in [0.5, 0.6) is 0 Å². The number of amides is 1. The third-order valence-electron chi connectivity index (χ3n) is 4.70. The summed E-state index contributed by atoms with van der Waals surface area (Å²) in [4.78, 5) is 15.6. The Morgan fingerprint density at radius 2 is 2.33 bits per heavy atom. The fourth-order valence-electron chi connectivity index (χ4n) is 3.45. The largest absolute Gasteiger partial charge is 0.315 e. The predicted molar refractivity (Wildman–Crippen MR) is 92.1 cm³/mol. The van der Waals surface area contributed by atoms with E-state index in [-0.39, 0.29) is 5.91 Å². The van der Waals surface area contributed by atoms with Crippen LogP contribution in [-0.2, 0) is 17.6 Å². The van der Waals surface area contributed by atoms with E-state index in [1.54, 1.807) is 11.3 Å². The summed E-state index contributed by atoms with van der Waals surface area (Å²) in [6.45, 7) is 4.06. The zero-order chi connectivity index (χ0) is 16.7. The summed E-state index contributed by atoms with van der Waals surface area (Å²) in [5.41, 5.74) is 2.98. The van der Waals surface area contributed by atoms with Gasteiger partial charge in [0.1, 0.15) is 11.1 Å². The summed E-state index contributed by atoms with van der Waals surface area (Å²) in [5.74, 6) is -0.0403. The van der Waals surface area contributed by atoms with Crippen molar-refractivity contribution in [1.82, 2.24) is 14.7 Å². The first kappa shape index (κ1) is 15.4. The third kappa shape index (κ3) is 2.72. The normalized spacial score (nSPS) is 17.3. The lowest BCUT2D eigenvalue weighted by Gasteiger charge is -2.38. The van der Waals surface area contributed by atoms with E-state index in [0.29, 0.717) is 18.2 Å². The van der Waals surface area contributed by atoms with E-state index in [1.807, 2.05) is 24.0 Å². The van der Waals surface area contributed by atoms with Crippen molar-refractivity contribution in [3.05, 3.63) is 34.0 Å². The van der Waals surface area contributed by atoms with Crippen LogP contribution in [-0.4, -0.2) is 40.2 Å². The highest BCUT2D eigenvalue weighted by Gasteiger charge is 2.30. The SMILES string of the molecule is Cc1cnn(C2CN(CC(=O)Nc3sc4c(c3C#N)CCC4)C2)c1. The maximum Gasteiger partial charge on any atom is 0.239 e. The van der Waals surface area contributed by atoms with Crippen molar-refractivity contribution >= 4 is 22.2 Å². The zero-order valence-corrected chi connectivity index (χ0v) is 14.4. The van der Waals surface area contributed by atoms with Gasteiger partial charge in [-0.2, -0.15) is 10.4 Å². The maximum absolute atomic E-state index is 12.3. The Bertz CT molecular complexity index is 825. The Kier molecular flexibility index (Phi) is 3.87. The van der Waals surface area contributed by atoms with Crippen molar-refractivity contribution in [2.24, 2.45) is 0 Å². The Morgan fingerprint density at radius 1 is 1.50 bits per heavy atom. The van der Waals surface area contributed by atoms with Crippen LogP contribution in [0.15, 0.2) is 12.4 Å². The number of carbonyl (C=O) groups excluding carboxylic acids is 1. The maximum atomic E-state index is 12.3. The molecule has 1 fully saturated rings. The topological polar surface area (TPSA) is 74.0 Å². The van der Waals surface area contributed by atoms with E-state index in [1.165, 1.54) is 4.88 Å². The summed E-state index contributed by atoms with van der Waals surface area (Å²) >= 11 is 1.57. The molecular formula is C17H19N5OS. The molecule has 0 aromatic carbocycles. The number of aromatic nitrogens is 2. The van der Waals surface area contributed by atoms with Crippen molar-refractivity contribution in [3.63, 3.8) is 0 Å². The molecule has 0 bridgehead atoms. The molecule has 1 aliphatic carbocycles. The lowest BCUT2D eigenvalue weighted by molar-refractivity contribution is -0.118. The van der Waals surface area contributed by atoms with E-state index in [4.69, 9.17) is 0 Å². The fraction of sp³-hybridized carbons (Fsp3) is 0.471. The van der Waals surface area contributed by atoms with Gasteiger partial charge in [0.25, 0.3) is 0 Å². The molecule has 1 saturated heterocycles. The van der Waals surface area contributed by atoms with Crippen molar-refractivity contribution in [2.45, 2.75) is 32.2 Å². The summed E-state index contributed by atoms with van der Waals surface area (Å²) in [5, 5.41) is 17.4. The van der Waals surface area contributed by atoms with Gasteiger partial charge in [0, 0.05) is 24.2 Å². The molecule has 0 saturated carbocycles. The van der Waals surface area contributed by atoms with Crippen molar-refractivity contribution in [1.29, 1.82) is 5.26 Å². The number of anilines is 1. The molecule has 0 radical (unpaired) electrons. The van der Waals surface area contributed by atoms with E-state index in [0.717, 1.165) is 48.5 Å². The van der Waals surface area contributed by atoms with Crippen LogP contribution in [0.4, 0.5) is 5.00 Å². The number of thiophene rings is 1. The van der Waals surface area contributed by atoms with Crippen LogP contribution >= 0.6 is 11.3 Å². The Hall–Kier alpha value is -2.17. The highest BCUT2D eigenvalue weighted by atomic mass is 32.1. The van der Waals surface area contributed by atoms with Gasteiger partial charge in [-0.3, -0.25) is 14.4 Å². The minimum atomic E-state index is -0.0403. The number of likely N-dealkylation sites (tertiary alicyclic amines) is 1. The van der Waals surface area contributed by atoms with Gasteiger partial charge in [0.15, 0.2) is 0 Å². The van der Waals surface area contributed by atoms with Gasteiger partial charge in [-0.05, 0) is 37.3 Å². The first-order valence-electron chi connectivity index (χ1n) is 8.21. The fourth-order valence-corrected chi connectivity index (χ4v) is 4.71. The van der Waals surface area contributed by atoms with Gasteiger partial charge < -0.3 is 5.32 Å². The van der Waals surface area contributed by atoms with Crippen molar-refractivity contribution in [2.75, 3.05) is 25.0 Å². The van der Waals surface area contributed by atoms with E-state index in [9.17, 15) is 10.1 Å². The number of nitrogens with zero attached hydrogens (tertiary/aromatic N) is 4. The monoisotopic (exact) mass is 341 g/mol. The second kappa shape index (κ2) is 6.04. The van der Waals surface area contributed by atoms with E-state index in [2.05, 4.69) is 21.4 Å². The highest BCUT2D eigenvalue weighted by molar-refractivity contribution is 7.16. The van der Waals surface area contributed by atoms with Gasteiger partial charge >= 0.3 is 0 Å². The molecule has 0 atom stereocenters. The summed E-state index contributed by atoms with van der Waals surface area (Å²) in [6, 6.07) is 2.62. The van der Waals surface area contributed by atoms with Crippen LogP contribution < -0.4 is 5.32 Å². The quantitative estimate of drug-likeness (QED) is 0.924. The molecule has 2 aromatic rings. The molecule has 7 heteroatoms. The average molecular weight is 341 g/mol. The molecule has 1 N–H and O–H groups in total. The highest BCUT2D eigenvalue weighted by Crippen LogP contribution is 2.38. The molecule has 4 rings (SSSR count). The molecular weight excluding hydrogens is 322 g/mol. The molecule has 3 heterocycles. The summed E-state index contributed by atoms with van der Waals surface area (Å²) in [7, 11) is 0. The van der Waals surface area contributed by atoms with E-state index >= 15 is 0 Å². The predicted octanol–water partition coefficient (Wildman–Crippen LogP) is 2.11. The molecule has 1 amide bonds. The van der Waals surface area contributed by atoms with Gasteiger partial charge in [0.2, 0.25) is 5.91 Å². The van der Waals surface area contributed by atoms with E-state index < -0.39 is 0 Å². The Morgan fingerprint density at radius 3 is 3.04 bits per heavy atom. The minimum Gasteiger partial charge on any atom is -0.315 e. The Labute approximate surface area is 144 Å². The Balaban J connectivity index is 1.33. The lowest BCUT2D eigenvalue weighted by atomic mass is 10.1. The first-order valence-corrected chi connectivity index (χ1v) is 9.03. The summed E-state index contributed by atoms with van der Waals surface area (Å²) < 4.78 is 1.97. The second-order valence-electron chi connectivity index (χ2n) is 6.57. The number of carbonyl (C=O) groups is 1. The second-order valence-corrected chi connectivity index (χ2v) is 7.67. The number of rotatable bonds is 4. The minimum absolute atomic E-state index is 0.0403. The molecule has 2 aromatic heterocycles. The average Bonchev–Trinajstić information content (AvgIpc) is 3.18. The third-order valence-corrected chi connectivity index (χ3v) is 5.90. The molecule has 24 heavy (non-hydrogen) atoms. The molecule has 2 aliphatic rings. The zero-order valence-electron chi connectivity index (χ0n) is 13.6. The van der Waals surface area contributed by atoms with Crippen molar-refractivity contribution < 1.29 is 4.79 Å². The van der Waals surface area contributed by atoms with Gasteiger partial charge in [-0.15, -0.1) is 11.3 Å². The molecule has 0 unspecified atom stereocenters. The number of aryl methyl sites for hydroxylation is 2. The number of nitriles is 1. The first-order chi connectivity index (χ1) is 11.6. The van der Waals surface area contributed by atoms with Crippen molar-refractivity contribution in [3.8, 4) is 6.07 Å². The van der Waals surface area contributed by atoms with Gasteiger partial charge in [0.05, 0.1) is 24.3 Å². The van der Waals surface area contributed by atoms with Gasteiger partial charge in [-0.25, -0.2) is 0 Å². The number of nitrogens with one attached hydrogen (secondary N) is 1. The molecule has 0 spiro atoms. The van der Waals surface area contributed by atoms with Gasteiger partial charge in [-0.1, -0.05) is 0 Å². The van der Waals surface area contributed by atoms with Crippen LogP contribution in [0.1, 0.15) is 34.0 Å². The van der Waals surface area contributed by atoms with Crippen LogP contribution in [0.25, 0.3) is 0 Å². The molecule has 1 aliphatic heterocycles. The number of fused-ring (bicyclic) bond motifs is 1. The molecule has 6 nitrogen and oxygen atoms in total. The number of hydrogen-bond donors (Lipinski definition) is 1. The lowest BCUT2D eigenvalue weighted by Crippen LogP contribution is -2.50.